The Hall–Kier alpha value is -2.17. The lowest BCUT2D eigenvalue weighted by atomic mass is 10.1. The van der Waals surface area contributed by atoms with Crippen LogP contribution in [0.4, 0.5) is 8.78 Å². The van der Waals surface area contributed by atoms with Gasteiger partial charge in [-0.1, -0.05) is 0 Å². The Kier molecular flexibility index (Phi) is 3.72. The van der Waals surface area contributed by atoms with E-state index in [0.717, 1.165) is 23.5 Å². The topological polar surface area (TPSA) is 34.0 Å². The molecule has 2 aromatic rings. The molecular formula is C17H18F2N2O. The number of carbonyl (C=O) groups excluding carboxylic acids is 1. The number of aromatic nitrogens is 1. The van der Waals surface area contributed by atoms with Gasteiger partial charge < -0.3 is 9.88 Å². The first-order chi connectivity index (χ1) is 10.5. The van der Waals surface area contributed by atoms with E-state index >= 15 is 0 Å². The molecule has 1 aromatic heterocycles. The van der Waals surface area contributed by atoms with Crippen molar-refractivity contribution in [2.75, 3.05) is 0 Å². The lowest BCUT2D eigenvalue weighted by Crippen LogP contribution is -2.26. The summed E-state index contributed by atoms with van der Waals surface area (Å²) in [5, 5.41) is 2.87. The summed E-state index contributed by atoms with van der Waals surface area (Å²) >= 11 is 0. The summed E-state index contributed by atoms with van der Waals surface area (Å²) in [5.41, 5.74) is 2.44. The van der Waals surface area contributed by atoms with Gasteiger partial charge in [0.2, 0.25) is 5.91 Å². The van der Waals surface area contributed by atoms with E-state index in [0.29, 0.717) is 18.5 Å². The molecule has 116 valence electrons. The van der Waals surface area contributed by atoms with Crippen molar-refractivity contribution < 1.29 is 13.6 Å². The van der Waals surface area contributed by atoms with Gasteiger partial charge >= 0.3 is 0 Å². The zero-order valence-corrected chi connectivity index (χ0v) is 12.6. The Morgan fingerprint density at radius 3 is 2.77 bits per heavy atom. The van der Waals surface area contributed by atoms with Crippen molar-refractivity contribution in [1.29, 1.82) is 0 Å². The highest BCUT2D eigenvalue weighted by atomic mass is 19.1. The second-order valence-corrected chi connectivity index (χ2v) is 5.86. The van der Waals surface area contributed by atoms with Crippen LogP contribution in [0.25, 0.3) is 0 Å². The van der Waals surface area contributed by atoms with Crippen molar-refractivity contribution in [1.82, 2.24) is 9.88 Å². The average Bonchev–Trinajstić information content (AvgIpc) is 3.22. The minimum atomic E-state index is -0.471. The zero-order chi connectivity index (χ0) is 15.9. The fraction of sp³-hybridized carbons (Fsp3) is 0.353. The molecule has 1 heterocycles. The molecule has 3 rings (SSSR count). The van der Waals surface area contributed by atoms with Gasteiger partial charge in [0, 0.05) is 24.4 Å². The number of aryl methyl sites for hydroxylation is 1. The van der Waals surface area contributed by atoms with Crippen molar-refractivity contribution in [2.45, 2.75) is 25.8 Å². The van der Waals surface area contributed by atoms with Crippen molar-refractivity contribution in [3.8, 4) is 0 Å². The summed E-state index contributed by atoms with van der Waals surface area (Å²) in [5.74, 6) is -1.50. The van der Waals surface area contributed by atoms with E-state index < -0.39 is 11.6 Å². The number of hydrogen-bond donors (Lipinski definition) is 1. The predicted molar refractivity (Wildman–Crippen MR) is 79.2 cm³/mol. The number of nitrogens with zero attached hydrogens (tertiary/aromatic N) is 1. The van der Waals surface area contributed by atoms with E-state index in [9.17, 15) is 13.6 Å². The molecule has 2 atom stereocenters. The third-order valence-electron chi connectivity index (χ3n) is 4.41. The third-order valence-corrected chi connectivity index (χ3v) is 4.41. The lowest BCUT2D eigenvalue weighted by molar-refractivity contribution is -0.122. The minimum Gasteiger partial charge on any atom is -0.350 e. The Bertz CT molecular complexity index is 723. The Balaban J connectivity index is 1.61. The van der Waals surface area contributed by atoms with Crippen LogP contribution in [0, 0.1) is 24.5 Å². The van der Waals surface area contributed by atoms with Crippen LogP contribution in [0.1, 0.15) is 29.3 Å². The molecule has 1 fully saturated rings. The number of benzene rings is 1. The van der Waals surface area contributed by atoms with E-state index in [4.69, 9.17) is 0 Å². The maximum Gasteiger partial charge on any atom is 0.224 e. The highest BCUT2D eigenvalue weighted by Gasteiger charge is 2.45. The molecule has 0 aliphatic heterocycles. The van der Waals surface area contributed by atoms with Crippen LogP contribution >= 0.6 is 0 Å². The first-order valence-corrected chi connectivity index (χ1v) is 7.31. The number of carbonyl (C=O) groups is 1. The van der Waals surface area contributed by atoms with Gasteiger partial charge in [0.05, 0.1) is 6.54 Å². The van der Waals surface area contributed by atoms with Gasteiger partial charge in [-0.3, -0.25) is 4.79 Å². The molecule has 22 heavy (non-hydrogen) atoms. The first-order valence-electron chi connectivity index (χ1n) is 7.31. The molecule has 0 saturated heterocycles. The number of hydrogen-bond acceptors (Lipinski definition) is 1. The van der Waals surface area contributed by atoms with E-state index in [-0.39, 0.29) is 17.7 Å². The molecule has 1 N–H and O–H groups in total. The van der Waals surface area contributed by atoms with Crippen molar-refractivity contribution in [3.63, 3.8) is 0 Å². The smallest absolute Gasteiger partial charge is 0.224 e. The first kappa shape index (κ1) is 14.8. The molecule has 0 bridgehead atoms. The standard InChI is InChI=1S/C17H18F2N2O/c1-10-3-5-12(21(10)2)9-20-17(22)15-8-13(15)14-7-11(18)4-6-16(14)19/h3-7,13,15H,8-9H2,1-2H3,(H,20,22)/t13-,15+/m0/s1. The van der Waals surface area contributed by atoms with Gasteiger partial charge in [0.1, 0.15) is 11.6 Å². The molecule has 0 spiro atoms. The van der Waals surface area contributed by atoms with Gasteiger partial charge in [-0.2, -0.15) is 0 Å². The Morgan fingerprint density at radius 2 is 2.09 bits per heavy atom. The fourth-order valence-corrected chi connectivity index (χ4v) is 2.78. The van der Waals surface area contributed by atoms with Crippen molar-refractivity contribution >= 4 is 5.91 Å². The second-order valence-electron chi connectivity index (χ2n) is 5.86. The molecular weight excluding hydrogens is 286 g/mol. The molecule has 3 nitrogen and oxygen atoms in total. The SMILES string of the molecule is Cc1ccc(CNC(=O)[C@@H]2C[C@H]2c2cc(F)ccc2F)n1C. The molecule has 1 saturated carbocycles. The van der Waals surface area contributed by atoms with Crippen LogP contribution in [0.3, 0.4) is 0 Å². The van der Waals surface area contributed by atoms with Crippen LogP contribution in [0.2, 0.25) is 0 Å². The summed E-state index contributed by atoms with van der Waals surface area (Å²) in [6.07, 6.45) is 0.568. The predicted octanol–water partition coefficient (Wildman–Crippen LogP) is 3.03. The monoisotopic (exact) mass is 304 g/mol. The summed E-state index contributed by atoms with van der Waals surface area (Å²) in [6.45, 7) is 2.44. The van der Waals surface area contributed by atoms with Gasteiger partial charge in [0.15, 0.2) is 0 Å². The summed E-state index contributed by atoms with van der Waals surface area (Å²) in [6, 6.07) is 7.35. The Morgan fingerprint density at radius 1 is 1.32 bits per heavy atom. The number of rotatable bonds is 4. The lowest BCUT2D eigenvalue weighted by Gasteiger charge is -2.08. The number of amides is 1. The molecule has 0 unspecified atom stereocenters. The number of halogens is 2. The molecule has 5 heteroatoms. The molecule has 1 aliphatic carbocycles. The van der Waals surface area contributed by atoms with Gasteiger partial charge in [-0.05, 0) is 55.2 Å². The summed E-state index contributed by atoms with van der Waals surface area (Å²) < 4.78 is 28.9. The Labute approximate surface area is 127 Å². The fourth-order valence-electron chi connectivity index (χ4n) is 2.78. The molecule has 1 aliphatic rings. The van der Waals surface area contributed by atoms with Crippen LogP contribution in [0.5, 0.6) is 0 Å². The summed E-state index contributed by atoms with van der Waals surface area (Å²) in [7, 11) is 1.94. The molecule has 0 radical (unpaired) electrons. The van der Waals surface area contributed by atoms with Crippen LogP contribution in [-0.4, -0.2) is 10.5 Å². The average molecular weight is 304 g/mol. The minimum absolute atomic E-state index is 0.104. The third kappa shape index (κ3) is 2.75. The van der Waals surface area contributed by atoms with Gasteiger partial charge in [0.25, 0.3) is 0 Å². The normalized spacial score (nSPS) is 20.0. The highest BCUT2D eigenvalue weighted by molar-refractivity contribution is 5.82. The maximum absolute atomic E-state index is 13.7. The number of nitrogens with one attached hydrogen (secondary N) is 1. The van der Waals surface area contributed by atoms with E-state index in [1.165, 1.54) is 6.07 Å². The second kappa shape index (κ2) is 5.55. The highest BCUT2D eigenvalue weighted by Crippen LogP contribution is 2.48. The van der Waals surface area contributed by atoms with Crippen LogP contribution in [0.15, 0.2) is 30.3 Å². The molecule has 1 aromatic carbocycles. The van der Waals surface area contributed by atoms with Gasteiger partial charge in [-0.15, -0.1) is 0 Å². The van der Waals surface area contributed by atoms with Gasteiger partial charge in [-0.25, -0.2) is 8.78 Å². The van der Waals surface area contributed by atoms with E-state index in [2.05, 4.69) is 5.32 Å². The van der Waals surface area contributed by atoms with Crippen molar-refractivity contribution in [2.24, 2.45) is 13.0 Å². The van der Waals surface area contributed by atoms with Crippen molar-refractivity contribution in [3.05, 3.63) is 58.9 Å². The van der Waals surface area contributed by atoms with Crippen LogP contribution in [-0.2, 0) is 18.4 Å². The quantitative estimate of drug-likeness (QED) is 0.925. The largest absolute Gasteiger partial charge is 0.350 e. The maximum atomic E-state index is 13.7. The van der Waals surface area contributed by atoms with E-state index in [1.807, 2.05) is 30.7 Å². The summed E-state index contributed by atoms with van der Waals surface area (Å²) in [4.78, 5) is 12.1. The zero-order valence-electron chi connectivity index (χ0n) is 12.6. The van der Waals surface area contributed by atoms with Crippen LogP contribution < -0.4 is 5.32 Å². The molecule has 1 amide bonds. The van der Waals surface area contributed by atoms with E-state index in [1.54, 1.807) is 0 Å².